The Morgan fingerprint density at radius 1 is 0.830 bits per heavy atom. The van der Waals surface area contributed by atoms with E-state index in [1.54, 1.807) is 55.5 Å². The maximum atomic E-state index is 13.0. The average Bonchev–Trinajstić information content (AvgIpc) is 3.46. The third-order valence-electron chi connectivity index (χ3n) is 5.86. The van der Waals surface area contributed by atoms with Crippen molar-refractivity contribution in [1.29, 1.82) is 0 Å². The molecule has 3 aromatic carbocycles. The highest BCUT2D eigenvalue weighted by molar-refractivity contribution is 6.40. The van der Waals surface area contributed by atoms with Crippen LogP contribution in [-0.4, -0.2) is 51.1 Å². The Bertz CT molecular complexity index is 1840. The van der Waals surface area contributed by atoms with Gasteiger partial charge in [0.05, 0.1) is 27.5 Å². The lowest BCUT2D eigenvalue weighted by Gasteiger charge is -2.12. The minimum Gasteiger partial charge on any atom is -0.475 e. The SMILES string of the molecule is C=CC(=O)Nc1cccc(C(=O)Nc2ccc(NC(=O)c3[nH]ncc3NC(=O)c3c(Cl)cccc3Cl)c(C)c2)c1.O=C(O)C(F)(F)F. The lowest BCUT2D eigenvalue weighted by Crippen LogP contribution is -2.21. The van der Waals surface area contributed by atoms with Gasteiger partial charge < -0.3 is 26.4 Å². The van der Waals surface area contributed by atoms with Gasteiger partial charge in [0.2, 0.25) is 5.91 Å². The van der Waals surface area contributed by atoms with Gasteiger partial charge in [-0.3, -0.25) is 24.3 Å². The maximum absolute atomic E-state index is 13.0. The van der Waals surface area contributed by atoms with Gasteiger partial charge in [-0.25, -0.2) is 4.79 Å². The van der Waals surface area contributed by atoms with Crippen LogP contribution >= 0.6 is 23.2 Å². The van der Waals surface area contributed by atoms with Crippen LogP contribution in [0.25, 0.3) is 0 Å². The summed E-state index contributed by atoms with van der Waals surface area (Å²) in [5.41, 5.74) is 2.62. The minimum absolute atomic E-state index is 0.0109. The summed E-state index contributed by atoms with van der Waals surface area (Å²) in [6.07, 6.45) is -2.66. The van der Waals surface area contributed by atoms with Crippen molar-refractivity contribution >= 4 is 75.5 Å². The third kappa shape index (κ3) is 9.91. The Morgan fingerprint density at radius 2 is 1.43 bits per heavy atom. The predicted octanol–water partition coefficient (Wildman–Crippen LogP) is 6.54. The molecule has 0 saturated heterocycles. The Hall–Kier alpha value is -5.67. The number of carboxylic acid groups (broad SMARTS) is 1. The highest BCUT2D eigenvalue weighted by Gasteiger charge is 2.38. The number of carbonyl (C=O) groups is 5. The molecule has 0 unspecified atom stereocenters. The van der Waals surface area contributed by atoms with Crippen molar-refractivity contribution in [2.45, 2.75) is 13.1 Å². The number of H-pyrrole nitrogens is 1. The van der Waals surface area contributed by atoms with Crippen LogP contribution < -0.4 is 21.3 Å². The molecule has 0 aliphatic carbocycles. The molecule has 4 aromatic rings. The number of amides is 4. The largest absolute Gasteiger partial charge is 0.490 e. The number of hydrogen-bond acceptors (Lipinski definition) is 6. The fourth-order valence-corrected chi connectivity index (χ4v) is 4.22. The summed E-state index contributed by atoms with van der Waals surface area (Å²) in [7, 11) is 0. The Kier molecular flexibility index (Phi) is 11.8. The van der Waals surface area contributed by atoms with Crippen LogP contribution in [0.3, 0.4) is 0 Å². The quantitative estimate of drug-likeness (QED) is 0.113. The average molecular weight is 691 g/mol. The zero-order valence-electron chi connectivity index (χ0n) is 24.0. The second kappa shape index (κ2) is 15.6. The number of alkyl halides is 3. The molecule has 17 heteroatoms. The second-order valence-corrected chi connectivity index (χ2v) is 10.0. The zero-order chi connectivity index (χ0) is 34.9. The summed E-state index contributed by atoms with van der Waals surface area (Å²) >= 11 is 12.2. The van der Waals surface area contributed by atoms with E-state index in [0.717, 1.165) is 6.08 Å². The van der Waals surface area contributed by atoms with Gasteiger partial charge in [-0.15, -0.1) is 0 Å². The summed E-state index contributed by atoms with van der Waals surface area (Å²) in [6, 6.07) is 16.1. The first-order valence-electron chi connectivity index (χ1n) is 13.0. The molecule has 0 bridgehead atoms. The number of aromatic nitrogens is 2. The van der Waals surface area contributed by atoms with Crippen molar-refractivity contribution in [2.75, 3.05) is 21.3 Å². The number of rotatable bonds is 8. The van der Waals surface area contributed by atoms with Crippen molar-refractivity contribution in [1.82, 2.24) is 10.2 Å². The fraction of sp³-hybridized carbons (Fsp3) is 0.0667. The van der Waals surface area contributed by atoms with E-state index in [9.17, 15) is 32.3 Å². The number of benzene rings is 3. The molecule has 0 aliphatic heterocycles. The highest BCUT2D eigenvalue weighted by Crippen LogP contribution is 2.27. The minimum atomic E-state index is -5.08. The van der Waals surface area contributed by atoms with E-state index in [0.29, 0.717) is 28.2 Å². The van der Waals surface area contributed by atoms with E-state index in [1.165, 1.54) is 18.3 Å². The van der Waals surface area contributed by atoms with Gasteiger partial charge in [0.25, 0.3) is 17.7 Å². The van der Waals surface area contributed by atoms with Crippen LogP contribution in [0.4, 0.5) is 35.9 Å². The molecule has 1 heterocycles. The van der Waals surface area contributed by atoms with E-state index in [-0.39, 0.29) is 38.8 Å². The smallest absolute Gasteiger partial charge is 0.475 e. The first kappa shape index (κ1) is 35.8. The summed E-state index contributed by atoms with van der Waals surface area (Å²) in [4.78, 5) is 58.9. The number of hydrogen-bond donors (Lipinski definition) is 6. The molecule has 4 rings (SSSR count). The summed E-state index contributed by atoms with van der Waals surface area (Å²) in [6.45, 7) is 5.16. The van der Waals surface area contributed by atoms with Crippen molar-refractivity contribution in [2.24, 2.45) is 0 Å². The molecule has 244 valence electrons. The van der Waals surface area contributed by atoms with Gasteiger partial charge in [-0.05, 0) is 67.1 Å². The maximum Gasteiger partial charge on any atom is 0.490 e. The molecular formula is C30H23Cl2F3N6O6. The number of halogens is 5. The molecule has 0 fully saturated rings. The fourth-order valence-electron chi connectivity index (χ4n) is 3.65. The molecule has 0 aliphatic rings. The molecule has 0 spiro atoms. The number of nitrogens with one attached hydrogen (secondary N) is 5. The van der Waals surface area contributed by atoms with E-state index in [2.05, 4.69) is 38.0 Å². The Labute approximate surface area is 274 Å². The standard InChI is InChI=1S/C28H22Cl2N6O4.C2HF3O2/c1-3-23(37)32-17-7-4-6-16(13-17)26(38)33-18-10-11-21(15(2)12-18)34-28(40)25-22(14-31-36-25)35-27(39)24-19(29)8-5-9-20(24)30;3-2(4,5)1(6)7/h3-14H,1H2,2H3,(H,31,36)(H,32,37)(H,33,38)(H,34,40)(H,35,39);(H,6,7). The number of aliphatic carboxylic acids is 1. The number of anilines is 4. The van der Waals surface area contributed by atoms with Crippen LogP contribution in [0.15, 0.2) is 79.5 Å². The zero-order valence-corrected chi connectivity index (χ0v) is 25.5. The van der Waals surface area contributed by atoms with Crippen LogP contribution in [0.2, 0.25) is 10.0 Å². The van der Waals surface area contributed by atoms with Gasteiger partial charge in [-0.1, -0.05) is 41.9 Å². The number of aromatic amines is 1. The van der Waals surface area contributed by atoms with E-state index in [1.807, 2.05) is 0 Å². The normalized spacial score (nSPS) is 10.5. The van der Waals surface area contributed by atoms with Crippen molar-refractivity contribution in [3.8, 4) is 0 Å². The van der Waals surface area contributed by atoms with Gasteiger partial charge in [-0.2, -0.15) is 18.3 Å². The molecule has 0 atom stereocenters. The molecule has 0 saturated carbocycles. The van der Waals surface area contributed by atoms with Crippen LogP contribution in [0.1, 0.15) is 36.8 Å². The predicted molar refractivity (Wildman–Crippen MR) is 169 cm³/mol. The van der Waals surface area contributed by atoms with Gasteiger partial charge in [0, 0.05) is 22.6 Å². The number of aryl methyl sites for hydroxylation is 1. The molecule has 12 nitrogen and oxygen atoms in total. The topological polar surface area (TPSA) is 182 Å². The number of carbonyl (C=O) groups excluding carboxylic acids is 4. The summed E-state index contributed by atoms with van der Waals surface area (Å²) in [5.74, 6) is -4.69. The second-order valence-electron chi connectivity index (χ2n) is 9.22. The molecule has 6 N–H and O–H groups in total. The lowest BCUT2D eigenvalue weighted by atomic mass is 10.1. The first-order chi connectivity index (χ1) is 22.1. The monoisotopic (exact) mass is 690 g/mol. The lowest BCUT2D eigenvalue weighted by molar-refractivity contribution is -0.192. The molecule has 4 amide bonds. The van der Waals surface area contributed by atoms with E-state index < -0.39 is 24.0 Å². The van der Waals surface area contributed by atoms with Crippen molar-refractivity contribution in [3.05, 3.63) is 112 Å². The Morgan fingerprint density at radius 3 is 2.02 bits per heavy atom. The number of carboxylic acids is 1. The summed E-state index contributed by atoms with van der Waals surface area (Å²) in [5, 5.41) is 24.6. The van der Waals surface area contributed by atoms with Crippen molar-refractivity contribution in [3.63, 3.8) is 0 Å². The van der Waals surface area contributed by atoms with Crippen molar-refractivity contribution < 1.29 is 42.3 Å². The van der Waals surface area contributed by atoms with Crippen LogP contribution in [-0.2, 0) is 9.59 Å². The van der Waals surface area contributed by atoms with Crippen LogP contribution in [0, 0.1) is 6.92 Å². The highest BCUT2D eigenvalue weighted by atomic mass is 35.5. The van der Waals surface area contributed by atoms with E-state index >= 15 is 0 Å². The molecular weight excluding hydrogens is 668 g/mol. The summed E-state index contributed by atoms with van der Waals surface area (Å²) < 4.78 is 31.7. The van der Waals surface area contributed by atoms with Gasteiger partial charge >= 0.3 is 12.1 Å². The van der Waals surface area contributed by atoms with Gasteiger partial charge in [0.15, 0.2) is 0 Å². The van der Waals surface area contributed by atoms with Crippen LogP contribution in [0.5, 0.6) is 0 Å². The molecule has 0 radical (unpaired) electrons. The number of nitrogens with zero attached hydrogens (tertiary/aromatic N) is 1. The molecule has 47 heavy (non-hydrogen) atoms. The molecule has 1 aromatic heterocycles. The third-order valence-corrected chi connectivity index (χ3v) is 6.49. The Balaban J connectivity index is 0.000000771. The van der Waals surface area contributed by atoms with E-state index in [4.69, 9.17) is 33.1 Å². The van der Waals surface area contributed by atoms with Gasteiger partial charge in [0.1, 0.15) is 5.69 Å². The first-order valence-corrected chi connectivity index (χ1v) is 13.7.